The van der Waals surface area contributed by atoms with E-state index in [1.165, 1.54) is 4.90 Å². The van der Waals surface area contributed by atoms with Crippen molar-refractivity contribution in [1.29, 1.82) is 5.26 Å². The van der Waals surface area contributed by atoms with Crippen LogP contribution in [0.25, 0.3) is 11.1 Å². The molecular formula is C24H22F3N3O4. The number of nitriles is 1. The number of hydrogen-bond donors (Lipinski definition) is 2. The van der Waals surface area contributed by atoms with Crippen LogP contribution in [0.2, 0.25) is 0 Å². The molecule has 1 saturated carbocycles. The van der Waals surface area contributed by atoms with Crippen LogP contribution in [0.1, 0.15) is 18.4 Å². The van der Waals surface area contributed by atoms with Crippen LogP contribution in [0.5, 0.6) is 5.75 Å². The third kappa shape index (κ3) is 4.99. The molecule has 3 atom stereocenters. The standard InChI is InChI=1S/C24H22F3N3O4/c25-19-12-30(22(32)13-31)7-6-21(19)34-20-5-4-15(8-16(20)11-28)14-2-1-3-17(9-14)29-23(33)18-10-24(18,26)27/h1-5,8-9,18-19,21,31H,6-7,10,12-13H2,(H,29,33)/t18?,19-,21+/m1/s1. The molecule has 2 aliphatic rings. The Balaban J connectivity index is 1.46. The van der Waals surface area contributed by atoms with E-state index in [1.54, 1.807) is 42.5 Å². The maximum atomic E-state index is 14.6. The number of carbonyl (C=O) groups is 2. The third-order valence-corrected chi connectivity index (χ3v) is 5.95. The third-order valence-electron chi connectivity index (χ3n) is 5.95. The van der Waals surface area contributed by atoms with Crippen LogP contribution in [0, 0.1) is 17.2 Å². The second-order valence-electron chi connectivity index (χ2n) is 8.37. The summed E-state index contributed by atoms with van der Waals surface area (Å²) in [5.74, 6) is -5.36. The lowest BCUT2D eigenvalue weighted by Gasteiger charge is -2.34. The summed E-state index contributed by atoms with van der Waals surface area (Å²) in [6.45, 7) is -0.651. The number of hydrogen-bond acceptors (Lipinski definition) is 5. The number of rotatable bonds is 6. The van der Waals surface area contributed by atoms with Crippen LogP contribution < -0.4 is 10.1 Å². The Morgan fingerprint density at radius 2 is 1.97 bits per heavy atom. The van der Waals surface area contributed by atoms with E-state index in [9.17, 15) is 28.0 Å². The van der Waals surface area contributed by atoms with Gasteiger partial charge in [-0.05, 0) is 35.4 Å². The van der Waals surface area contributed by atoms with Gasteiger partial charge in [0.25, 0.3) is 5.92 Å². The lowest BCUT2D eigenvalue weighted by Crippen LogP contribution is -2.50. The fourth-order valence-electron chi connectivity index (χ4n) is 3.91. The van der Waals surface area contributed by atoms with Crippen molar-refractivity contribution in [3.05, 3.63) is 48.0 Å². The van der Waals surface area contributed by atoms with Crippen molar-refractivity contribution in [3.63, 3.8) is 0 Å². The molecule has 0 radical (unpaired) electrons. The summed E-state index contributed by atoms with van der Waals surface area (Å²) in [5.41, 5.74) is 1.79. The van der Waals surface area contributed by atoms with Crippen molar-refractivity contribution in [2.45, 2.75) is 31.0 Å². The Hall–Kier alpha value is -3.58. The zero-order valence-corrected chi connectivity index (χ0v) is 18.0. The van der Waals surface area contributed by atoms with E-state index >= 15 is 0 Å². The predicted molar refractivity (Wildman–Crippen MR) is 116 cm³/mol. The molecule has 0 aromatic heterocycles. The lowest BCUT2D eigenvalue weighted by molar-refractivity contribution is -0.138. The second kappa shape index (κ2) is 9.35. The molecule has 2 aromatic rings. The molecule has 1 heterocycles. The average Bonchev–Trinajstić information content (AvgIpc) is 3.48. The maximum absolute atomic E-state index is 14.6. The number of aliphatic hydroxyl groups excluding tert-OH is 1. The van der Waals surface area contributed by atoms with Crippen molar-refractivity contribution in [2.24, 2.45) is 5.92 Å². The molecule has 178 valence electrons. The van der Waals surface area contributed by atoms with E-state index < -0.39 is 49.0 Å². The van der Waals surface area contributed by atoms with Gasteiger partial charge >= 0.3 is 0 Å². The minimum Gasteiger partial charge on any atom is -0.486 e. The Bertz CT molecular complexity index is 1150. The zero-order chi connectivity index (χ0) is 24.5. The average molecular weight is 473 g/mol. The van der Waals surface area contributed by atoms with Gasteiger partial charge in [0, 0.05) is 25.1 Å². The van der Waals surface area contributed by atoms with E-state index in [-0.39, 0.29) is 30.8 Å². The molecule has 0 bridgehead atoms. The fraction of sp³-hybridized carbons (Fsp3) is 0.375. The quantitative estimate of drug-likeness (QED) is 0.671. The topological polar surface area (TPSA) is 103 Å². The summed E-state index contributed by atoms with van der Waals surface area (Å²) >= 11 is 0. The minimum atomic E-state index is -2.96. The smallest absolute Gasteiger partial charge is 0.260 e. The van der Waals surface area contributed by atoms with Crippen LogP contribution in [0.15, 0.2) is 42.5 Å². The molecule has 2 fully saturated rings. The Morgan fingerprint density at radius 1 is 1.24 bits per heavy atom. The molecule has 1 unspecified atom stereocenters. The van der Waals surface area contributed by atoms with Crippen molar-refractivity contribution in [3.8, 4) is 22.9 Å². The van der Waals surface area contributed by atoms with Crippen LogP contribution >= 0.6 is 0 Å². The van der Waals surface area contributed by atoms with E-state index in [4.69, 9.17) is 9.84 Å². The maximum Gasteiger partial charge on any atom is 0.260 e. The Kier molecular flexibility index (Phi) is 6.48. The Morgan fingerprint density at radius 3 is 2.62 bits per heavy atom. The number of amides is 2. The highest BCUT2D eigenvalue weighted by Crippen LogP contribution is 2.49. The van der Waals surface area contributed by atoms with Gasteiger partial charge in [-0.25, -0.2) is 13.2 Å². The normalized spacial score (nSPS) is 23.0. The van der Waals surface area contributed by atoms with Gasteiger partial charge in [-0.2, -0.15) is 5.26 Å². The highest BCUT2D eigenvalue weighted by Gasteiger charge is 2.61. The molecule has 2 N–H and O–H groups in total. The number of ether oxygens (including phenoxy) is 1. The number of nitrogens with one attached hydrogen (secondary N) is 1. The first-order chi connectivity index (χ1) is 16.2. The van der Waals surface area contributed by atoms with Gasteiger partial charge in [-0.15, -0.1) is 0 Å². The number of aliphatic hydroxyl groups is 1. The van der Waals surface area contributed by atoms with Gasteiger partial charge in [0.15, 0.2) is 6.17 Å². The molecule has 0 spiro atoms. The molecule has 2 aromatic carbocycles. The molecule has 1 aliphatic carbocycles. The summed E-state index contributed by atoms with van der Waals surface area (Å²) in [6, 6.07) is 13.4. The molecule has 34 heavy (non-hydrogen) atoms. The highest BCUT2D eigenvalue weighted by molar-refractivity contribution is 5.95. The number of likely N-dealkylation sites (tertiary alicyclic amines) is 1. The van der Waals surface area contributed by atoms with Crippen LogP contribution in [0.4, 0.5) is 18.9 Å². The first-order valence-electron chi connectivity index (χ1n) is 10.7. The van der Waals surface area contributed by atoms with Gasteiger partial charge in [-0.3, -0.25) is 9.59 Å². The summed E-state index contributed by atoms with van der Waals surface area (Å²) in [4.78, 5) is 24.8. The van der Waals surface area contributed by atoms with Gasteiger partial charge in [-0.1, -0.05) is 18.2 Å². The summed E-state index contributed by atoms with van der Waals surface area (Å²) in [5, 5.41) is 21.0. The minimum absolute atomic E-state index is 0.172. The van der Waals surface area contributed by atoms with Crippen LogP contribution in [-0.2, 0) is 9.59 Å². The largest absolute Gasteiger partial charge is 0.486 e. The molecular weight excluding hydrogens is 451 g/mol. The van der Waals surface area contributed by atoms with Crippen molar-refractivity contribution in [2.75, 3.05) is 25.0 Å². The van der Waals surface area contributed by atoms with Crippen LogP contribution in [0.3, 0.4) is 0 Å². The molecule has 7 nitrogen and oxygen atoms in total. The number of alkyl halides is 3. The number of nitrogens with zero attached hydrogens (tertiary/aromatic N) is 2. The number of benzene rings is 2. The van der Waals surface area contributed by atoms with Gasteiger partial charge < -0.3 is 20.1 Å². The molecule has 2 amide bonds. The predicted octanol–water partition coefficient (Wildman–Crippen LogP) is 3.13. The highest BCUT2D eigenvalue weighted by atomic mass is 19.3. The number of piperidine rings is 1. The van der Waals surface area contributed by atoms with Crippen molar-refractivity contribution in [1.82, 2.24) is 4.90 Å². The monoisotopic (exact) mass is 473 g/mol. The molecule has 1 saturated heterocycles. The number of halogens is 3. The Labute approximate surface area is 193 Å². The number of anilines is 1. The second-order valence-corrected chi connectivity index (χ2v) is 8.37. The van der Waals surface area contributed by atoms with E-state index in [0.29, 0.717) is 16.8 Å². The van der Waals surface area contributed by atoms with Gasteiger partial charge in [0.05, 0.1) is 12.1 Å². The van der Waals surface area contributed by atoms with Crippen molar-refractivity contribution >= 4 is 17.5 Å². The van der Waals surface area contributed by atoms with Gasteiger partial charge in [0.2, 0.25) is 11.8 Å². The summed E-state index contributed by atoms with van der Waals surface area (Å²) in [7, 11) is 0. The van der Waals surface area contributed by atoms with E-state index in [0.717, 1.165) is 0 Å². The van der Waals surface area contributed by atoms with Crippen molar-refractivity contribution < 1.29 is 32.6 Å². The first kappa shape index (κ1) is 23.6. The molecule has 10 heteroatoms. The van der Waals surface area contributed by atoms with Crippen LogP contribution in [-0.4, -0.2) is 59.7 Å². The molecule has 4 rings (SSSR count). The molecule has 1 aliphatic heterocycles. The van der Waals surface area contributed by atoms with E-state index in [2.05, 4.69) is 5.32 Å². The zero-order valence-electron chi connectivity index (χ0n) is 18.0. The summed E-state index contributed by atoms with van der Waals surface area (Å²) < 4.78 is 46.5. The fourth-order valence-corrected chi connectivity index (χ4v) is 3.91. The summed E-state index contributed by atoms with van der Waals surface area (Å²) in [6.07, 6.45) is -2.57. The van der Waals surface area contributed by atoms with E-state index in [1.807, 2.05) is 6.07 Å². The van der Waals surface area contributed by atoms with Gasteiger partial charge in [0.1, 0.15) is 30.4 Å². The SMILES string of the molecule is N#Cc1cc(-c2cccc(NC(=O)C3CC3(F)F)c2)ccc1O[C@H]1CCN(C(=O)CO)C[C@H]1F. The lowest BCUT2D eigenvalue weighted by atomic mass is 10.0. The first-order valence-corrected chi connectivity index (χ1v) is 10.7. The number of carbonyl (C=O) groups excluding carboxylic acids is 2.